The normalized spacial score (nSPS) is 9.94. The number of benzene rings is 2. The fourth-order valence-corrected chi connectivity index (χ4v) is 2.24. The highest BCUT2D eigenvalue weighted by Gasteiger charge is 2.08. The molecule has 1 heteroatoms. The van der Waals surface area contributed by atoms with Crippen LogP contribution in [-0.2, 0) is 6.42 Å². The summed E-state index contributed by atoms with van der Waals surface area (Å²) in [6.45, 7) is 4.23. The Kier molecular flexibility index (Phi) is 3.25. The molecule has 0 spiro atoms. The van der Waals surface area contributed by atoms with Crippen LogP contribution in [-0.4, -0.2) is 0 Å². The molecule has 84 valence electrons. The molecule has 2 aromatic carbocycles. The fraction of sp³-hybridized carbons (Fsp3) is 0.188. The van der Waals surface area contributed by atoms with Gasteiger partial charge in [0.25, 0.3) is 0 Å². The summed E-state index contributed by atoms with van der Waals surface area (Å²) in [6.07, 6.45) is 0.462. The summed E-state index contributed by atoms with van der Waals surface area (Å²) in [5.74, 6) is 0. The van der Waals surface area contributed by atoms with Crippen LogP contribution in [0.1, 0.15) is 16.7 Å². The van der Waals surface area contributed by atoms with E-state index in [9.17, 15) is 0 Å². The quantitative estimate of drug-likeness (QED) is 0.751. The molecule has 0 unspecified atom stereocenters. The highest BCUT2D eigenvalue weighted by molar-refractivity contribution is 5.73. The van der Waals surface area contributed by atoms with E-state index in [2.05, 4.69) is 44.2 Å². The van der Waals surface area contributed by atoms with Gasteiger partial charge in [0.15, 0.2) is 0 Å². The van der Waals surface area contributed by atoms with E-state index >= 15 is 0 Å². The second-order valence-electron chi connectivity index (χ2n) is 4.26. The molecule has 0 radical (unpaired) electrons. The molecule has 1 nitrogen and oxygen atoms in total. The van der Waals surface area contributed by atoms with E-state index in [1.54, 1.807) is 0 Å². The summed E-state index contributed by atoms with van der Waals surface area (Å²) in [5, 5.41) is 8.88. The zero-order valence-electron chi connectivity index (χ0n) is 10.2. The Morgan fingerprint density at radius 2 is 1.59 bits per heavy atom. The van der Waals surface area contributed by atoms with Gasteiger partial charge in [-0.15, -0.1) is 0 Å². The van der Waals surface area contributed by atoms with Gasteiger partial charge < -0.3 is 0 Å². The molecule has 0 aliphatic heterocycles. The average molecular weight is 221 g/mol. The predicted octanol–water partition coefficient (Wildman–Crippen LogP) is 4.04. The summed E-state index contributed by atoms with van der Waals surface area (Å²) in [7, 11) is 0. The Morgan fingerprint density at radius 1 is 0.941 bits per heavy atom. The number of nitriles is 1. The van der Waals surface area contributed by atoms with Crippen molar-refractivity contribution in [1.82, 2.24) is 0 Å². The maximum atomic E-state index is 8.88. The third-order valence-electron chi connectivity index (χ3n) is 3.04. The molecule has 0 aliphatic rings. The van der Waals surface area contributed by atoms with E-state index in [0.29, 0.717) is 6.42 Å². The van der Waals surface area contributed by atoms with E-state index in [0.717, 1.165) is 5.56 Å². The number of nitrogens with zero attached hydrogens (tertiary/aromatic N) is 1. The first kappa shape index (κ1) is 11.4. The fourth-order valence-electron chi connectivity index (χ4n) is 2.24. The van der Waals surface area contributed by atoms with Crippen LogP contribution in [0.3, 0.4) is 0 Å². The molecule has 0 saturated carbocycles. The minimum atomic E-state index is 0.462. The molecule has 0 atom stereocenters. The second kappa shape index (κ2) is 4.84. The van der Waals surface area contributed by atoms with Gasteiger partial charge >= 0.3 is 0 Å². The molecule has 0 heterocycles. The number of hydrogen-bond acceptors (Lipinski definition) is 1. The van der Waals surface area contributed by atoms with Gasteiger partial charge in [-0.2, -0.15) is 5.26 Å². The van der Waals surface area contributed by atoms with Crippen molar-refractivity contribution < 1.29 is 0 Å². The third-order valence-corrected chi connectivity index (χ3v) is 3.04. The molecule has 17 heavy (non-hydrogen) atoms. The summed E-state index contributed by atoms with van der Waals surface area (Å²) in [5.41, 5.74) is 6.07. The largest absolute Gasteiger partial charge is 0.198 e. The standard InChI is InChI=1S/C16H15N/c1-12-6-5-7-13(2)16(12)15-9-4-3-8-14(15)10-11-17/h3-9H,10H2,1-2H3. The molecule has 2 aromatic rings. The van der Waals surface area contributed by atoms with Crippen molar-refractivity contribution in [2.24, 2.45) is 0 Å². The van der Waals surface area contributed by atoms with E-state index < -0.39 is 0 Å². The van der Waals surface area contributed by atoms with Crippen LogP contribution >= 0.6 is 0 Å². The average Bonchev–Trinajstić information content (AvgIpc) is 2.31. The topological polar surface area (TPSA) is 23.8 Å². The van der Waals surface area contributed by atoms with Crippen LogP contribution < -0.4 is 0 Å². The Balaban J connectivity index is 2.65. The molecule has 0 saturated heterocycles. The van der Waals surface area contributed by atoms with E-state index in [-0.39, 0.29) is 0 Å². The van der Waals surface area contributed by atoms with Gasteiger partial charge in [0, 0.05) is 0 Å². The van der Waals surface area contributed by atoms with Crippen molar-refractivity contribution in [2.45, 2.75) is 20.3 Å². The first-order chi connectivity index (χ1) is 8.24. The zero-order chi connectivity index (χ0) is 12.3. The minimum absolute atomic E-state index is 0.462. The van der Waals surface area contributed by atoms with Gasteiger partial charge in [0.1, 0.15) is 0 Å². The van der Waals surface area contributed by atoms with Crippen molar-refractivity contribution in [3.8, 4) is 17.2 Å². The lowest BCUT2D eigenvalue weighted by Gasteiger charge is -2.13. The van der Waals surface area contributed by atoms with Gasteiger partial charge in [-0.1, -0.05) is 42.5 Å². The van der Waals surface area contributed by atoms with E-state index in [1.807, 2.05) is 18.2 Å². The van der Waals surface area contributed by atoms with Gasteiger partial charge in [0.05, 0.1) is 12.5 Å². The number of rotatable bonds is 2. The lowest BCUT2D eigenvalue weighted by Crippen LogP contribution is -1.93. The van der Waals surface area contributed by atoms with E-state index in [1.165, 1.54) is 22.3 Å². The molecule has 0 N–H and O–H groups in total. The highest BCUT2D eigenvalue weighted by atomic mass is 14.2. The van der Waals surface area contributed by atoms with Crippen LogP contribution in [0.25, 0.3) is 11.1 Å². The maximum absolute atomic E-state index is 8.88. The maximum Gasteiger partial charge on any atom is 0.0669 e. The molecular weight excluding hydrogens is 206 g/mol. The zero-order valence-corrected chi connectivity index (χ0v) is 10.2. The first-order valence-electron chi connectivity index (χ1n) is 5.75. The lowest BCUT2D eigenvalue weighted by atomic mass is 9.91. The molecule has 2 rings (SSSR count). The smallest absolute Gasteiger partial charge is 0.0669 e. The summed E-state index contributed by atoms with van der Waals surface area (Å²) in [4.78, 5) is 0. The van der Waals surface area contributed by atoms with Gasteiger partial charge in [-0.05, 0) is 41.7 Å². The van der Waals surface area contributed by atoms with E-state index in [4.69, 9.17) is 5.26 Å². The van der Waals surface area contributed by atoms with Crippen molar-refractivity contribution >= 4 is 0 Å². The minimum Gasteiger partial charge on any atom is -0.198 e. The summed E-state index contributed by atoms with van der Waals surface area (Å²) >= 11 is 0. The van der Waals surface area contributed by atoms with Gasteiger partial charge in [0.2, 0.25) is 0 Å². The van der Waals surface area contributed by atoms with Gasteiger partial charge in [-0.3, -0.25) is 0 Å². The van der Waals surface area contributed by atoms with Crippen LogP contribution in [0, 0.1) is 25.2 Å². The Hall–Kier alpha value is -2.07. The Bertz CT molecular complexity index is 556. The van der Waals surface area contributed by atoms with Crippen molar-refractivity contribution in [3.63, 3.8) is 0 Å². The predicted molar refractivity (Wildman–Crippen MR) is 70.7 cm³/mol. The van der Waals surface area contributed by atoms with Crippen molar-refractivity contribution in [1.29, 1.82) is 5.26 Å². The number of aryl methyl sites for hydroxylation is 2. The molecule has 0 aliphatic carbocycles. The monoisotopic (exact) mass is 221 g/mol. The molecule has 0 fully saturated rings. The summed E-state index contributed by atoms with van der Waals surface area (Å²) < 4.78 is 0. The number of hydrogen-bond donors (Lipinski definition) is 0. The molecular formula is C16H15N. The third kappa shape index (κ3) is 2.21. The molecule has 0 bridgehead atoms. The lowest BCUT2D eigenvalue weighted by molar-refractivity contribution is 1.25. The second-order valence-corrected chi connectivity index (χ2v) is 4.26. The van der Waals surface area contributed by atoms with Crippen LogP contribution in [0.15, 0.2) is 42.5 Å². The first-order valence-corrected chi connectivity index (χ1v) is 5.75. The Labute approximate surface area is 102 Å². The molecule has 0 aromatic heterocycles. The van der Waals surface area contributed by atoms with Crippen molar-refractivity contribution in [2.75, 3.05) is 0 Å². The van der Waals surface area contributed by atoms with Crippen LogP contribution in [0.5, 0.6) is 0 Å². The van der Waals surface area contributed by atoms with Gasteiger partial charge in [-0.25, -0.2) is 0 Å². The van der Waals surface area contributed by atoms with Crippen LogP contribution in [0.2, 0.25) is 0 Å². The van der Waals surface area contributed by atoms with Crippen LogP contribution in [0.4, 0.5) is 0 Å². The summed E-state index contributed by atoms with van der Waals surface area (Å²) in [6, 6.07) is 16.7. The highest BCUT2D eigenvalue weighted by Crippen LogP contribution is 2.30. The SMILES string of the molecule is Cc1cccc(C)c1-c1ccccc1CC#N. The molecule has 0 amide bonds. The Morgan fingerprint density at radius 3 is 2.24 bits per heavy atom. The van der Waals surface area contributed by atoms with Crippen molar-refractivity contribution in [3.05, 3.63) is 59.2 Å².